The first kappa shape index (κ1) is 33.2. The number of hydrogen-bond acceptors (Lipinski definition) is 7. The van der Waals surface area contributed by atoms with Gasteiger partial charge in [0.05, 0.1) is 32.1 Å². The molecule has 2 aliphatic heterocycles. The van der Waals surface area contributed by atoms with Crippen LogP contribution in [0.15, 0.2) is 24.8 Å². The zero-order valence-electron chi connectivity index (χ0n) is 26.9. The largest absolute Gasteiger partial charge is 0.477 e. The molecule has 8 N–H and O–H groups in total. The Morgan fingerprint density at radius 1 is 1.33 bits per heavy atom. The molecule has 2 fully saturated rings. The monoisotopic (exact) mass is 641 g/mol. The van der Waals surface area contributed by atoms with E-state index in [9.17, 15) is 24.3 Å². The number of quaternary nitrogens is 1. The first-order valence-corrected chi connectivity index (χ1v) is 15.9. The van der Waals surface area contributed by atoms with Crippen molar-refractivity contribution in [1.29, 1.82) is 0 Å². The van der Waals surface area contributed by atoms with Gasteiger partial charge in [0.1, 0.15) is 17.7 Å². The number of likely N-dealkylation sites (N-methyl/N-ethyl adjacent to an activating group) is 2. The number of rotatable bonds is 12. The van der Waals surface area contributed by atoms with Crippen LogP contribution < -0.4 is 36.6 Å². The van der Waals surface area contributed by atoms with Gasteiger partial charge in [0, 0.05) is 51.9 Å². The van der Waals surface area contributed by atoms with E-state index in [2.05, 4.69) is 29.3 Å². The minimum Gasteiger partial charge on any atom is -0.477 e. The Bertz CT molecular complexity index is 1460. The number of likely N-dealkylation sites (tertiary alicyclic amines) is 1. The number of benzene rings is 1. The molecule has 4 aliphatic rings. The highest BCUT2D eigenvalue weighted by Gasteiger charge is 2.76. The van der Waals surface area contributed by atoms with Crippen LogP contribution in [0.25, 0.3) is 0 Å². The first-order chi connectivity index (χ1) is 21.8. The predicted octanol–water partition coefficient (Wildman–Crippen LogP) is -2.07. The number of hydrogen-bond donors (Lipinski definition) is 6. The van der Waals surface area contributed by atoms with Gasteiger partial charge in [-0.25, -0.2) is 4.79 Å². The third-order valence-corrected chi connectivity index (χ3v) is 10.4. The zero-order valence-corrected chi connectivity index (χ0v) is 26.9. The van der Waals surface area contributed by atoms with Gasteiger partial charge in [-0.1, -0.05) is 12.6 Å². The molecular formula is C32H47N7O7+2. The van der Waals surface area contributed by atoms with Gasteiger partial charge in [-0.15, -0.1) is 0 Å². The number of nitrogens with two attached hydrogens (primary N) is 2. The molecule has 1 spiro atoms. The highest BCUT2D eigenvalue weighted by atomic mass is 16.6. The van der Waals surface area contributed by atoms with Crippen LogP contribution in [-0.2, 0) is 26.2 Å². The normalized spacial score (nSPS) is 29.0. The minimum absolute atomic E-state index is 0.0480. The molecule has 5 rings (SSSR count). The average Bonchev–Trinajstić information content (AvgIpc) is 3.36. The molecule has 1 aromatic rings. The number of amides is 3. The summed E-state index contributed by atoms with van der Waals surface area (Å²) in [5.41, 5.74) is 10.5. The predicted molar refractivity (Wildman–Crippen MR) is 168 cm³/mol. The van der Waals surface area contributed by atoms with E-state index in [1.54, 1.807) is 13.1 Å². The Hall–Kier alpha value is -4.17. The van der Waals surface area contributed by atoms with E-state index >= 15 is 0 Å². The van der Waals surface area contributed by atoms with Gasteiger partial charge in [-0.3, -0.25) is 30.8 Å². The summed E-state index contributed by atoms with van der Waals surface area (Å²) >= 11 is 0. The van der Waals surface area contributed by atoms with Crippen molar-refractivity contribution < 1.29 is 43.2 Å². The summed E-state index contributed by atoms with van der Waals surface area (Å²) in [6, 6.07) is 2.73. The molecule has 2 heterocycles. The number of carbonyl (C=O) groups is 4. The molecule has 0 radical (unpaired) electrons. The Labute approximate surface area is 268 Å². The van der Waals surface area contributed by atoms with Crippen molar-refractivity contribution in [3.8, 4) is 11.5 Å². The van der Waals surface area contributed by atoms with Crippen molar-refractivity contribution in [2.45, 2.75) is 74.7 Å². The van der Waals surface area contributed by atoms with E-state index in [0.29, 0.717) is 55.4 Å². The van der Waals surface area contributed by atoms with Gasteiger partial charge in [0.25, 0.3) is 0 Å². The van der Waals surface area contributed by atoms with Crippen LogP contribution in [0.4, 0.5) is 4.79 Å². The lowest BCUT2D eigenvalue weighted by Gasteiger charge is -2.64. The quantitative estimate of drug-likeness (QED) is 0.0488. The summed E-state index contributed by atoms with van der Waals surface area (Å²) in [7, 11) is 3.69. The van der Waals surface area contributed by atoms with Crippen LogP contribution in [0.2, 0.25) is 0 Å². The molecule has 14 heteroatoms. The van der Waals surface area contributed by atoms with Crippen molar-refractivity contribution in [1.82, 2.24) is 15.5 Å². The molecule has 1 saturated heterocycles. The smallest absolute Gasteiger partial charge is 0.415 e. The number of nitrogens with zero attached hydrogens (tertiary/aromatic N) is 2. The molecule has 0 aromatic heterocycles. The number of piperidine rings is 1. The van der Waals surface area contributed by atoms with Gasteiger partial charge < -0.3 is 34.6 Å². The highest BCUT2D eigenvalue weighted by Crippen LogP contribution is 2.65. The van der Waals surface area contributed by atoms with Gasteiger partial charge in [-0.05, 0) is 37.0 Å². The molecule has 3 amide bonds. The average molecular weight is 642 g/mol. The molecule has 14 nitrogen and oxygen atoms in total. The molecule has 46 heavy (non-hydrogen) atoms. The summed E-state index contributed by atoms with van der Waals surface area (Å²) < 4.78 is 12.8. The lowest BCUT2D eigenvalue weighted by Crippen LogP contribution is -2.80. The maximum Gasteiger partial charge on any atom is 0.415 e. The number of aliphatic hydroxyl groups is 1. The number of guanidine groups is 1. The van der Waals surface area contributed by atoms with E-state index in [1.807, 2.05) is 12.1 Å². The summed E-state index contributed by atoms with van der Waals surface area (Å²) in [6.45, 7) is 7.44. The summed E-state index contributed by atoms with van der Waals surface area (Å²) in [5, 5.41) is 17.9. The number of ether oxygens (including phenoxy) is 2. The van der Waals surface area contributed by atoms with Gasteiger partial charge >= 0.3 is 12.1 Å². The van der Waals surface area contributed by atoms with E-state index in [4.69, 9.17) is 20.9 Å². The SMILES string of the molecule is C=CC[N+]1(C)CC[C@]23c4c5ccc(OC(=O)N(C)CCNC(=O)[C@H](CCC[NH+]=C(N)N)NC(C)=O)c4O[C@H]2C(=O)CC[C@@]3(O)[C@H]1C5. The standard InChI is InChI=1S/C32H45N7O7/c1-5-16-39(4)17-12-31-25-20-8-9-23(26(25)46-27(31)22(41)10-11-32(31,44)24(39)18-20)45-30(43)38(3)15-14-35-28(42)21(37-19(2)40)7-6-13-36-29(33)34/h5,8-9,21,24,27,44H,1,6-7,10-18H2,2-4H3,(H5-,33,34,35,36,37,40,42)/p+2/t21-,24+,27-,31-,32+,39?/m0/s1. The van der Waals surface area contributed by atoms with Crippen LogP contribution in [-0.4, -0.2) is 115 Å². The number of nitrogens with one attached hydrogen (secondary N) is 3. The first-order valence-electron chi connectivity index (χ1n) is 15.9. The fourth-order valence-electron chi connectivity index (χ4n) is 8.20. The molecule has 6 atom stereocenters. The highest BCUT2D eigenvalue weighted by molar-refractivity contribution is 5.90. The Morgan fingerprint density at radius 2 is 2.09 bits per heavy atom. The molecule has 250 valence electrons. The number of ketones is 1. The van der Waals surface area contributed by atoms with Gasteiger partial charge in [0.2, 0.25) is 11.8 Å². The van der Waals surface area contributed by atoms with Crippen LogP contribution >= 0.6 is 0 Å². The maximum atomic E-state index is 13.3. The third-order valence-electron chi connectivity index (χ3n) is 10.4. The van der Waals surface area contributed by atoms with Crippen LogP contribution in [0.1, 0.15) is 50.2 Å². The Morgan fingerprint density at radius 3 is 2.78 bits per heavy atom. The van der Waals surface area contributed by atoms with Crippen molar-refractivity contribution in [3.63, 3.8) is 0 Å². The lowest BCUT2D eigenvalue weighted by atomic mass is 9.48. The van der Waals surface area contributed by atoms with Crippen LogP contribution in [0, 0.1) is 0 Å². The van der Waals surface area contributed by atoms with Crippen molar-refractivity contribution in [2.24, 2.45) is 11.5 Å². The Balaban J connectivity index is 1.28. The molecule has 1 saturated carbocycles. The molecular weight excluding hydrogens is 594 g/mol. The number of Topliss-reactive ketones (excluding diaryl/α,β-unsaturated/α-hetero) is 1. The summed E-state index contributed by atoms with van der Waals surface area (Å²) in [6.07, 6.45) is 3.03. The molecule has 1 unspecified atom stereocenters. The van der Waals surface area contributed by atoms with E-state index < -0.39 is 29.3 Å². The van der Waals surface area contributed by atoms with Crippen LogP contribution in [0.5, 0.6) is 11.5 Å². The number of carbonyl (C=O) groups excluding carboxylic acids is 4. The van der Waals surface area contributed by atoms with Gasteiger partial charge in [-0.2, -0.15) is 0 Å². The second kappa shape index (κ2) is 12.6. The van der Waals surface area contributed by atoms with Crippen LogP contribution in [0.3, 0.4) is 0 Å². The second-order valence-electron chi connectivity index (χ2n) is 13.3. The van der Waals surface area contributed by atoms with Crippen molar-refractivity contribution >= 4 is 29.7 Å². The zero-order chi connectivity index (χ0) is 33.4. The molecule has 2 aliphatic carbocycles. The lowest BCUT2D eigenvalue weighted by molar-refractivity contribution is -0.944. The Kier molecular flexibility index (Phi) is 9.06. The van der Waals surface area contributed by atoms with E-state index in [1.165, 1.54) is 11.8 Å². The second-order valence-corrected chi connectivity index (χ2v) is 13.3. The third kappa shape index (κ3) is 5.57. The van der Waals surface area contributed by atoms with Gasteiger partial charge in [0.15, 0.2) is 23.4 Å². The fraction of sp³-hybridized carbons (Fsp3) is 0.594. The summed E-state index contributed by atoms with van der Waals surface area (Å²) in [4.78, 5) is 55.0. The van der Waals surface area contributed by atoms with Crippen molar-refractivity contribution in [3.05, 3.63) is 35.9 Å². The van der Waals surface area contributed by atoms with Crippen molar-refractivity contribution in [2.75, 3.05) is 46.8 Å². The molecule has 1 aromatic carbocycles. The fourth-order valence-corrected chi connectivity index (χ4v) is 8.20. The maximum absolute atomic E-state index is 13.3. The van der Waals surface area contributed by atoms with E-state index in [-0.39, 0.29) is 54.9 Å². The summed E-state index contributed by atoms with van der Waals surface area (Å²) in [5.74, 6) is -0.148. The molecule has 2 bridgehead atoms. The minimum atomic E-state index is -1.15. The topological polar surface area (TPSA) is 200 Å². The van der Waals surface area contributed by atoms with E-state index in [0.717, 1.165) is 17.7 Å².